The molecule has 0 aromatic carbocycles. The molecule has 0 saturated carbocycles. The lowest BCUT2D eigenvalue weighted by Gasteiger charge is -2.14. The summed E-state index contributed by atoms with van der Waals surface area (Å²) in [4.78, 5) is 2.17. The molecule has 3 nitrogen and oxygen atoms in total. The summed E-state index contributed by atoms with van der Waals surface area (Å²) in [5.74, 6) is 2.06. The van der Waals surface area contributed by atoms with Crippen molar-refractivity contribution in [2.24, 2.45) is 5.73 Å². The first-order chi connectivity index (χ1) is 6.74. The van der Waals surface area contributed by atoms with Gasteiger partial charge in [-0.05, 0) is 26.2 Å². The van der Waals surface area contributed by atoms with Gasteiger partial charge in [0.15, 0.2) is 0 Å². The van der Waals surface area contributed by atoms with E-state index in [1.807, 2.05) is 23.9 Å². The van der Waals surface area contributed by atoms with E-state index in [1.54, 1.807) is 6.26 Å². The highest BCUT2D eigenvalue weighted by molar-refractivity contribution is 7.99. The van der Waals surface area contributed by atoms with Crippen molar-refractivity contribution >= 4 is 11.8 Å². The van der Waals surface area contributed by atoms with Crippen molar-refractivity contribution in [3.8, 4) is 0 Å². The van der Waals surface area contributed by atoms with Gasteiger partial charge in [-0.2, -0.15) is 0 Å². The zero-order valence-corrected chi connectivity index (χ0v) is 9.59. The van der Waals surface area contributed by atoms with Crippen molar-refractivity contribution in [1.29, 1.82) is 0 Å². The van der Waals surface area contributed by atoms with Crippen molar-refractivity contribution in [3.05, 3.63) is 24.2 Å². The van der Waals surface area contributed by atoms with Gasteiger partial charge in [-0.3, -0.25) is 0 Å². The van der Waals surface area contributed by atoms with Crippen LogP contribution in [0.2, 0.25) is 0 Å². The topological polar surface area (TPSA) is 42.4 Å². The van der Waals surface area contributed by atoms with Gasteiger partial charge in [0.1, 0.15) is 5.76 Å². The number of hydrogen-bond donors (Lipinski definition) is 1. The first-order valence-electron chi connectivity index (χ1n) is 4.74. The number of thioether (sulfide) groups is 1. The Labute approximate surface area is 89.6 Å². The van der Waals surface area contributed by atoms with Gasteiger partial charge in [-0.25, -0.2) is 0 Å². The Kier molecular flexibility index (Phi) is 5.07. The summed E-state index contributed by atoms with van der Waals surface area (Å²) in [6.45, 7) is 1.70. The zero-order valence-electron chi connectivity index (χ0n) is 8.77. The van der Waals surface area contributed by atoms with E-state index in [9.17, 15) is 0 Å². The number of hydrogen-bond acceptors (Lipinski definition) is 4. The fraction of sp³-hybridized carbons (Fsp3) is 0.600. The molecule has 0 bridgehead atoms. The first kappa shape index (κ1) is 11.6. The van der Waals surface area contributed by atoms with Crippen LogP contribution in [0, 0.1) is 0 Å². The third kappa shape index (κ3) is 3.74. The molecule has 0 amide bonds. The largest absolute Gasteiger partial charge is 0.468 e. The highest BCUT2D eigenvalue weighted by Gasteiger charge is 2.12. The molecule has 1 atom stereocenters. The van der Waals surface area contributed by atoms with Gasteiger partial charge in [0, 0.05) is 18.8 Å². The summed E-state index contributed by atoms with van der Waals surface area (Å²) >= 11 is 1.85. The highest BCUT2D eigenvalue weighted by Crippen LogP contribution is 2.27. The molecule has 1 aromatic rings. The standard InChI is InChI=1S/C10H18N2OS/c1-12(2)5-7-14-10(8-11)9-4-3-6-13-9/h3-4,6,10H,5,7-8,11H2,1-2H3. The summed E-state index contributed by atoms with van der Waals surface area (Å²) in [6, 6.07) is 3.89. The average Bonchev–Trinajstić information content (AvgIpc) is 2.64. The second kappa shape index (κ2) is 6.11. The van der Waals surface area contributed by atoms with E-state index >= 15 is 0 Å². The van der Waals surface area contributed by atoms with Crippen molar-refractivity contribution < 1.29 is 4.42 Å². The number of nitrogens with two attached hydrogens (primary N) is 1. The Morgan fingerprint density at radius 1 is 1.57 bits per heavy atom. The van der Waals surface area contributed by atoms with Crippen molar-refractivity contribution in [3.63, 3.8) is 0 Å². The van der Waals surface area contributed by atoms with E-state index in [2.05, 4.69) is 19.0 Å². The minimum atomic E-state index is 0.296. The van der Waals surface area contributed by atoms with Crippen LogP contribution in [0.15, 0.2) is 22.8 Å². The van der Waals surface area contributed by atoms with Crippen molar-refractivity contribution in [1.82, 2.24) is 4.90 Å². The van der Waals surface area contributed by atoms with E-state index in [0.29, 0.717) is 11.8 Å². The van der Waals surface area contributed by atoms with Gasteiger partial charge in [0.2, 0.25) is 0 Å². The van der Waals surface area contributed by atoms with E-state index < -0.39 is 0 Å². The Hall–Kier alpha value is -0.450. The second-order valence-corrected chi connectivity index (χ2v) is 4.72. The van der Waals surface area contributed by atoms with Gasteiger partial charge < -0.3 is 15.1 Å². The lowest BCUT2D eigenvalue weighted by atomic mass is 10.3. The third-order valence-electron chi connectivity index (χ3n) is 1.93. The van der Waals surface area contributed by atoms with Crippen LogP contribution in [0.25, 0.3) is 0 Å². The minimum Gasteiger partial charge on any atom is -0.468 e. The Morgan fingerprint density at radius 3 is 2.86 bits per heavy atom. The molecule has 0 aliphatic rings. The SMILES string of the molecule is CN(C)CCSC(CN)c1ccco1. The van der Waals surface area contributed by atoms with E-state index in [0.717, 1.165) is 18.1 Å². The van der Waals surface area contributed by atoms with Gasteiger partial charge in [0.05, 0.1) is 11.5 Å². The van der Waals surface area contributed by atoms with E-state index in [-0.39, 0.29) is 0 Å². The monoisotopic (exact) mass is 214 g/mol. The van der Waals surface area contributed by atoms with Gasteiger partial charge in [-0.15, -0.1) is 11.8 Å². The molecule has 80 valence electrons. The molecule has 1 aromatic heterocycles. The minimum absolute atomic E-state index is 0.296. The van der Waals surface area contributed by atoms with E-state index in [4.69, 9.17) is 10.2 Å². The molecule has 0 saturated heterocycles. The van der Waals surface area contributed by atoms with Crippen LogP contribution in [0.4, 0.5) is 0 Å². The maximum Gasteiger partial charge on any atom is 0.118 e. The van der Waals surface area contributed by atoms with Crippen LogP contribution in [-0.2, 0) is 0 Å². The second-order valence-electron chi connectivity index (χ2n) is 3.41. The molecule has 0 radical (unpaired) electrons. The molecule has 14 heavy (non-hydrogen) atoms. The van der Waals surface area contributed by atoms with Gasteiger partial charge in [0.25, 0.3) is 0 Å². The number of rotatable bonds is 6. The summed E-state index contributed by atoms with van der Waals surface area (Å²) < 4.78 is 5.33. The average molecular weight is 214 g/mol. The Balaban J connectivity index is 2.33. The van der Waals surface area contributed by atoms with Crippen molar-refractivity contribution in [2.75, 3.05) is 32.9 Å². The Morgan fingerprint density at radius 2 is 2.36 bits per heavy atom. The third-order valence-corrected chi connectivity index (χ3v) is 3.18. The maximum absolute atomic E-state index is 5.69. The summed E-state index contributed by atoms with van der Waals surface area (Å²) in [5.41, 5.74) is 5.69. The maximum atomic E-state index is 5.69. The predicted molar refractivity (Wildman–Crippen MR) is 61.5 cm³/mol. The number of nitrogens with zero attached hydrogens (tertiary/aromatic N) is 1. The molecule has 0 aliphatic heterocycles. The number of furan rings is 1. The van der Waals surface area contributed by atoms with Crippen LogP contribution < -0.4 is 5.73 Å². The highest BCUT2D eigenvalue weighted by atomic mass is 32.2. The molecular weight excluding hydrogens is 196 g/mol. The molecule has 1 rings (SSSR count). The van der Waals surface area contributed by atoms with Crippen LogP contribution in [-0.4, -0.2) is 37.8 Å². The normalized spacial score (nSPS) is 13.4. The fourth-order valence-corrected chi connectivity index (χ4v) is 2.31. The molecule has 2 N–H and O–H groups in total. The molecular formula is C10H18N2OS. The van der Waals surface area contributed by atoms with Gasteiger partial charge in [-0.1, -0.05) is 0 Å². The smallest absolute Gasteiger partial charge is 0.118 e. The first-order valence-corrected chi connectivity index (χ1v) is 5.78. The van der Waals surface area contributed by atoms with Crippen LogP contribution in [0.5, 0.6) is 0 Å². The fourth-order valence-electron chi connectivity index (χ4n) is 1.12. The van der Waals surface area contributed by atoms with Gasteiger partial charge >= 0.3 is 0 Å². The molecule has 0 fully saturated rings. The zero-order chi connectivity index (χ0) is 10.4. The lowest BCUT2D eigenvalue weighted by molar-refractivity contribution is 0.437. The van der Waals surface area contributed by atoms with Crippen LogP contribution in [0.1, 0.15) is 11.0 Å². The van der Waals surface area contributed by atoms with Crippen molar-refractivity contribution in [2.45, 2.75) is 5.25 Å². The Bertz CT molecular complexity index is 236. The summed E-state index contributed by atoms with van der Waals surface area (Å²) in [5, 5.41) is 0.296. The quantitative estimate of drug-likeness (QED) is 0.780. The predicted octanol–water partition coefficient (Wildman–Crippen LogP) is 1.57. The molecule has 0 aliphatic carbocycles. The van der Waals surface area contributed by atoms with E-state index in [1.165, 1.54) is 0 Å². The summed E-state index contributed by atoms with van der Waals surface area (Å²) in [7, 11) is 4.15. The molecule has 1 unspecified atom stereocenters. The molecule has 0 spiro atoms. The van der Waals surface area contributed by atoms with Crippen LogP contribution in [0.3, 0.4) is 0 Å². The summed E-state index contributed by atoms with van der Waals surface area (Å²) in [6.07, 6.45) is 1.70. The van der Waals surface area contributed by atoms with Crippen LogP contribution >= 0.6 is 11.8 Å². The molecule has 4 heteroatoms. The molecule has 1 heterocycles. The lowest BCUT2D eigenvalue weighted by Crippen LogP contribution is -2.17.